The maximum absolute atomic E-state index is 8.90. The summed E-state index contributed by atoms with van der Waals surface area (Å²) < 4.78 is 0. The third kappa shape index (κ3) is 3.48. The van der Waals surface area contributed by atoms with Crippen LogP contribution in [0, 0.1) is 13.8 Å². The first kappa shape index (κ1) is 13.0. The molecule has 1 aliphatic heterocycles. The first-order valence-electron chi connectivity index (χ1n) is 6.17. The second-order valence-electron chi connectivity index (χ2n) is 4.58. The van der Waals surface area contributed by atoms with Gasteiger partial charge in [-0.05, 0) is 13.8 Å². The zero-order chi connectivity index (χ0) is 12.3. The van der Waals surface area contributed by atoms with Crippen LogP contribution in [0.15, 0.2) is 0 Å². The highest BCUT2D eigenvalue weighted by Crippen LogP contribution is 2.19. The van der Waals surface area contributed by atoms with E-state index >= 15 is 0 Å². The minimum atomic E-state index is 0.271. The van der Waals surface area contributed by atoms with Crippen LogP contribution >= 0.6 is 11.3 Å². The Bertz CT molecular complexity index is 359. The van der Waals surface area contributed by atoms with Crippen molar-refractivity contribution in [2.75, 3.05) is 39.3 Å². The van der Waals surface area contributed by atoms with Crippen molar-refractivity contribution in [1.29, 1.82) is 0 Å². The van der Waals surface area contributed by atoms with Gasteiger partial charge in [0.25, 0.3) is 0 Å². The Hall–Kier alpha value is -0.490. The van der Waals surface area contributed by atoms with Crippen LogP contribution < -0.4 is 0 Å². The molecule has 0 amide bonds. The highest BCUT2D eigenvalue weighted by Gasteiger charge is 2.17. The molecule has 2 rings (SSSR count). The van der Waals surface area contributed by atoms with Crippen molar-refractivity contribution in [3.63, 3.8) is 0 Å². The molecule has 17 heavy (non-hydrogen) atoms. The van der Waals surface area contributed by atoms with E-state index in [1.165, 1.54) is 10.6 Å². The highest BCUT2D eigenvalue weighted by molar-refractivity contribution is 7.11. The number of thiazole rings is 1. The summed E-state index contributed by atoms with van der Waals surface area (Å²) in [5, 5.41) is 10.1. The lowest BCUT2D eigenvalue weighted by Crippen LogP contribution is -2.46. The third-order valence-corrected chi connectivity index (χ3v) is 4.31. The lowest BCUT2D eigenvalue weighted by Gasteiger charge is -2.34. The Labute approximate surface area is 107 Å². The number of aryl methyl sites for hydroxylation is 2. The number of aromatic nitrogens is 1. The summed E-state index contributed by atoms with van der Waals surface area (Å²) in [6.07, 6.45) is 0. The second kappa shape index (κ2) is 5.91. The van der Waals surface area contributed by atoms with Crippen LogP contribution in [0.1, 0.15) is 15.6 Å². The van der Waals surface area contributed by atoms with Gasteiger partial charge >= 0.3 is 0 Å². The van der Waals surface area contributed by atoms with E-state index in [2.05, 4.69) is 28.6 Å². The van der Waals surface area contributed by atoms with E-state index in [1.54, 1.807) is 0 Å². The number of hydrogen-bond donors (Lipinski definition) is 1. The van der Waals surface area contributed by atoms with E-state index in [4.69, 9.17) is 5.11 Å². The standard InChI is InChI=1S/C12H21N3OS/c1-10-12(17-11(2)13-10)9-15-5-3-14(4-6-15)7-8-16/h16H,3-9H2,1-2H3. The minimum absolute atomic E-state index is 0.271. The van der Waals surface area contributed by atoms with Crippen molar-refractivity contribution < 1.29 is 5.11 Å². The summed E-state index contributed by atoms with van der Waals surface area (Å²) in [5.74, 6) is 0. The van der Waals surface area contributed by atoms with Crippen molar-refractivity contribution in [3.8, 4) is 0 Å². The van der Waals surface area contributed by atoms with Crippen LogP contribution in [0.25, 0.3) is 0 Å². The average molecular weight is 255 g/mol. The lowest BCUT2D eigenvalue weighted by atomic mass is 10.3. The number of rotatable bonds is 4. The fraction of sp³-hybridized carbons (Fsp3) is 0.750. The molecule has 0 aliphatic carbocycles. The van der Waals surface area contributed by atoms with Crippen LogP contribution in [0.3, 0.4) is 0 Å². The molecule has 0 aromatic carbocycles. The average Bonchev–Trinajstić information content (AvgIpc) is 2.61. The summed E-state index contributed by atoms with van der Waals surface area (Å²) in [6, 6.07) is 0. The van der Waals surface area contributed by atoms with Crippen molar-refractivity contribution >= 4 is 11.3 Å². The van der Waals surface area contributed by atoms with E-state index in [9.17, 15) is 0 Å². The molecule has 1 aliphatic rings. The fourth-order valence-corrected chi connectivity index (χ4v) is 3.22. The molecule has 1 fully saturated rings. The largest absolute Gasteiger partial charge is 0.395 e. The topological polar surface area (TPSA) is 39.6 Å². The van der Waals surface area contributed by atoms with Gasteiger partial charge in [0.2, 0.25) is 0 Å². The van der Waals surface area contributed by atoms with Gasteiger partial charge in [0.05, 0.1) is 17.3 Å². The van der Waals surface area contributed by atoms with Gasteiger partial charge in [0, 0.05) is 44.1 Å². The Kier molecular flexibility index (Phi) is 4.50. The molecule has 1 aromatic rings. The summed E-state index contributed by atoms with van der Waals surface area (Å²) in [4.78, 5) is 10.7. The maximum Gasteiger partial charge on any atom is 0.0900 e. The Morgan fingerprint density at radius 2 is 1.82 bits per heavy atom. The Morgan fingerprint density at radius 3 is 2.35 bits per heavy atom. The summed E-state index contributed by atoms with van der Waals surface area (Å²) >= 11 is 1.81. The van der Waals surface area contributed by atoms with Crippen LogP contribution in [0.5, 0.6) is 0 Å². The normalized spacial score (nSPS) is 18.8. The molecule has 1 aromatic heterocycles. The molecule has 0 atom stereocenters. The maximum atomic E-state index is 8.90. The molecule has 96 valence electrons. The molecule has 1 saturated heterocycles. The predicted molar refractivity (Wildman–Crippen MR) is 70.4 cm³/mol. The van der Waals surface area contributed by atoms with Gasteiger partial charge in [-0.25, -0.2) is 4.98 Å². The number of β-amino-alcohol motifs (C(OH)–C–C–N with tert-alkyl or cyclic N) is 1. The summed E-state index contributed by atoms with van der Waals surface area (Å²) in [5.41, 5.74) is 1.19. The quantitative estimate of drug-likeness (QED) is 0.866. The van der Waals surface area contributed by atoms with E-state index < -0.39 is 0 Å². The molecule has 2 heterocycles. The van der Waals surface area contributed by atoms with Gasteiger partial charge < -0.3 is 5.11 Å². The number of aliphatic hydroxyl groups is 1. The molecule has 5 heteroatoms. The number of aliphatic hydroxyl groups excluding tert-OH is 1. The third-order valence-electron chi connectivity index (χ3n) is 3.25. The monoisotopic (exact) mass is 255 g/mol. The molecular weight excluding hydrogens is 234 g/mol. The SMILES string of the molecule is Cc1nc(C)c(CN2CCN(CCO)CC2)s1. The zero-order valence-electron chi connectivity index (χ0n) is 10.6. The molecule has 0 unspecified atom stereocenters. The molecule has 0 spiro atoms. The number of hydrogen-bond acceptors (Lipinski definition) is 5. The van der Waals surface area contributed by atoms with Gasteiger partial charge in [-0.3, -0.25) is 9.80 Å². The molecule has 0 bridgehead atoms. The Morgan fingerprint density at radius 1 is 1.18 bits per heavy atom. The summed E-state index contributed by atoms with van der Waals surface area (Å²) in [7, 11) is 0. The molecule has 1 N–H and O–H groups in total. The lowest BCUT2D eigenvalue weighted by molar-refractivity contribution is 0.109. The fourth-order valence-electron chi connectivity index (χ4n) is 2.24. The first-order chi connectivity index (χ1) is 8.19. The smallest absolute Gasteiger partial charge is 0.0900 e. The minimum Gasteiger partial charge on any atom is -0.395 e. The molecular formula is C12H21N3OS. The van der Waals surface area contributed by atoms with E-state index in [1.807, 2.05) is 11.3 Å². The van der Waals surface area contributed by atoms with Crippen LogP contribution in [0.2, 0.25) is 0 Å². The van der Waals surface area contributed by atoms with Gasteiger partial charge in [0.15, 0.2) is 0 Å². The van der Waals surface area contributed by atoms with Crippen LogP contribution in [-0.4, -0.2) is 59.2 Å². The first-order valence-corrected chi connectivity index (χ1v) is 6.99. The molecule has 4 nitrogen and oxygen atoms in total. The van der Waals surface area contributed by atoms with E-state index in [0.29, 0.717) is 0 Å². The van der Waals surface area contributed by atoms with Crippen molar-refractivity contribution in [2.45, 2.75) is 20.4 Å². The van der Waals surface area contributed by atoms with Gasteiger partial charge in [0.1, 0.15) is 0 Å². The van der Waals surface area contributed by atoms with Crippen molar-refractivity contribution in [2.24, 2.45) is 0 Å². The van der Waals surface area contributed by atoms with Gasteiger partial charge in [-0.15, -0.1) is 11.3 Å². The van der Waals surface area contributed by atoms with Gasteiger partial charge in [-0.2, -0.15) is 0 Å². The zero-order valence-corrected chi connectivity index (χ0v) is 11.5. The van der Waals surface area contributed by atoms with Crippen molar-refractivity contribution in [3.05, 3.63) is 15.6 Å². The summed E-state index contributed by atoms with van der Waals surface area (Å²) in [6.45, 7) is 10.6. The number of nitrogens with zero attached hydrogens (tertiary/aromatic N) is 3. The van der Waals surface area contributed by atoms with Crippen LogP contribution in [0.4, 0.5) is 0 Å². The molecule has 0 saturated carbocycles. The van der Waals surface area contributed by atoms with Crippen molar-refractivity contribution in [1.82, 2.24) is 14.8 Å². The number of piperazine rings is 1. The Balaban J connectivity index is 1.84. The second-order valence-corrected chi connectivity index (χ2v) is 5.87. The van der Waals surface area contributed by atoms with E-state index in [0.717, 1.165) is 44.3 Å². The highest BCUT2D eigenvalue weighted by atomic mass is 32.1. The van der Waals surface area contributed by atoms with Gasteiger partial charge in [-0.1, -0.05) is 0 Å². The molecule has 0 radical (unpaired) electrons. The predicted octanol–water partition coefficient (Wildman–Crippen LogP) is 0.870. The van der Waals surface area contributed by atoms with Crippen LogP contribution in [-0.2, 0) is 6.54 Å². The van der Waals surface area contributed by atoms with E-state index in [-0.39, 0.29) is 6.61 Å².